The Kier molecular flexibility index (Phi) is 6.52. The standard InChI is InChI=1S/C23H28N2O5/c1-17(26)19-3-2-4-21(12-19)28-15-20(27)14-25-9-7-24(8-10-25)13-18-5-6-22-23(11-18)30-16-29-22/h2-6,11-12,20,27H,7-10,13-16H2,1H3/t20-/m1/s1. The zero-order valence-electron chi connectivity index (χ0n) is 17.3. The molecule has 2 aromatic carbocycles. The first kappa shape index (κ1) is 20.7. The first-order chi connectivity index (χ1) is 14.6. The number of hydrogen-bond donors (Lipinski definition) is 1. The van der Waals surface area contributed by atoms with Gasteiger partial charge < -0.3 is 19.3 Å². The van der Waals surface area contributed by atoms with E-state index in [2.05, 4.69) is 21.9 Å². The smallest absolute Gasteiger partial charge is 0.231 e. The number of β-amino-alcohol motifs (C(OH)–C–C–N with tert-alkyl or cyclic N) is 1. The fraction of sp³-hybridized carbons (Fsp3) is 0.435. The van der Waals surface area contributed by atoms with Crippen LogP contribution in [0.3, 0.4) is 0 Å². The number of ether oxygens (including phenoxy) is 3. The molecular weight excluding hydrogens is 384 g/mol. The third-order valence-corrected chi connectivity index (χ3v) is 5.46. The van der Waals surface area contributed by atoms with Crippen molar-refractivity contribution in [2.24, 2.45) is 0 Å². The molecule has 30 heavy (non-hydrogen) atoms. The van der Waals surface area contributed by atoms with Crippen molar-refractivity contribution in [3.05, 3.63) is 53.6 Å². The van der Waals surface area contributed by atoms with E-state index >= 15 is 0 Å². The van der Waals surface area contributed by atoms with Crippen LogP contribution < -0.4 is 14.2 Å². The van der Waals surface area contributed by atoms with E-state index in [1.165, 1.54) is 12.5 Å². The molecule has 160 valence electrons. The van der Waals surface area contributed by atoms with E-state index in [1.807, 2.05) is 6.07 Å². The maximum Gasteiger partial charge on any atom is 0.231 e. The zero-order chi connectivity index (χ0) is 20.9. The average molecular weight is 412 g/mol. The van der Waals surface area contributed by atoms with Gasteiger partial charge >= 0.3 is 0 Å². The van der Waals surface area contributed by atoms with Crippen LogP contribution in [0.4, 0.5) is 0 Å². The Hall–Kier alpha value is -2.61. The maximum absolute atomic E-state index is 11.5. The van der Waals surface area contributed by atoms with E-state index in [-0.39, 0.29) is 12.4 Å². The van der Waals surface area contributed by atoms with Gasteiger partial charge in [0.05, 0.1) is 0 Å². The maximum atomic E-state index is 11.5. The molecule has 0 amide bonds. The van der Waals surface area contributed by atoms with Gasteiger partial charge in [-0.15, -0.1) is 0 Å². The Morgan fingerprint density at radius 3 is 2.63 bits per heavy atom. The Morgan fingerprint density at radius 2 is 1.83 bits per heavy atom. The van der Waals surface area contributed by atoms with E-state index in [9.17, 15) is 9.90 Å². The first-order valence-electron chi connectivity index (χ1n) is 10.3. The van der Waals surface area contributed by atoms with Crippen LogP contribution in [0.15, 0.2) is 42.5 Å². The lowest BCUT2D eigenvalue weighted by Gasteiger charge is -2.35. The van der Waals surface area contributed by atoms with Gasteiger partial charge in [-0.05, 0) is 36.8 Å². The SMILES string of the molecule is CC(=O)c1cccc(OC[C@H](O)CN2CCN(Cc3ccc4c(c3)OCO4)CC2)c1. The number of carbonyl (C=O) groups is 1. The summed E-state index contributed by atoms with van der Waals surface area (Å²) in [6.07, 6.45) is -0.577. The lowest BCUT2D eigenvalue weighted by molar-refractivity contribution is 0.0446. The summed E-state index contributed by atoms with van der Waals surface area (Å²) in [6.45, 7) is 7.19. The predicted octanol–water partition coefficient (Wildman–Crippen LogP) is 2.18. The van der Waals surface area contributed by atoms with Gasteiger partial charge in [-0.3, -0.25) is 14.6 Å². The van der Waals surface area contributed by atoms with Crippen LogP contribution in [0, 0.1) is 0 Å². The monoisotopic (exact) mass is 412 g/mol. The molecule has 2 aliphatic rings. The van der Waals surface area contributed by atoms with Gasteiger partial charge in [0.2, 0.25) is 6.79 Å². The van der Waals surface area contributed by atoms with Crippen LogP contribution in [-0.4, -0.2) is 72.9 Å². The second kappa shape index (κ2) is 9.47. The van der Waals surface area contributed by atoms with E-state index in [0.717, 1.165) is 44.2 Å². The number of aliphatic hydroxyl groups excluding tert-OH is 1. The minimum absolute atomic E-state index is 0.000354. The summed E-state index contributed by atoms with van der Waals surface area (Å²) in [4.78, 5) is 16.1. The molecule has 0 bridgehead atoms. The Bertz CT molecular complexity index is 880. The van der Waals surface area contributed by atoms with Crippen molar-refractivity contribution in [1.29, 1.82) is 0 Å². The summed E-state index contributed by atoms with van der Waals surface area (Å²) < 4.78 is 16.5. The van der Waals surface area contributed by atoms with Crippen molar-refractivity contribution in [3.8, 4) is 17.2 Å². The second-order valence-electron chi connectivity index (χ2n) is 7.81. The van der Waals surface area contributed by atoms with E-state index in [4.69, 9.17) is 14.2 Å². The van der Waals surface area contributed by atoms with E-state index in [0.29, 0.717) is 24.7 Å². The molecule has 7 nitrogen and oxygen atoms in total. The molecule has 0 saturated carbocycles. The van der Waals surface area contributed by atoms with Gasteiger partial charge in [0, 0.05) is 44.8 Å². The van der Waals surface area contributed by atoms with Crippen LogP contribution in [0.2, 0.25) is 0 Å². The van der Waals surface area contributed by atoms with Crippen molar-refractivity contribution < 1.29 is 24.1 Å². The van der Waals surface area contributed by atoms with Crippen molar-refractivity contribution in [1.82, 2.24) is 9.80 Å². The van der Waals surface area contributed by atoms with Gasteiger partial charge in [0.25, 0.3) is 0 Å². The lowest BCUT2D eigenvalue weighted by atomic mass is 10.1. The van der Waals surface area contributed by atoms with Crippen LogP contribution in [0.1, 0.15) is 22.8 Å². The molecule has 1 atom stereocenters. The average Bonchev–Trinajstić information content (AvgIpc) is 3.22. The Labute approximate surface area is 176 Å². The van der Waals surface area contributed by atoms with Crippen molar-refractivity contribution in [3.63, 3.8) is 0 Å². The first-order valence-corrected chi connectivity index (χ1v) is 10.3. The molecule has 1 N–H and O–H groups in total. The lowest BCUT2D eigenvalue weighted by Crippen LogP contribution is -2.48. The Balaban J connectivity index is 1.19. The topological polar surface area (TPSA) is 71.5 Å². The quantitative estimate of drug-likeness (QED) is 0.667. The van der Waals surface area contributed by atoms with Gasteiger partial charge in [-0.2, -0.15) is 0 Å². The zero-order valence-corrected chi connectivity index (χ0v) is 17.3. The highest BCUT2D eigenvalue weighted by Crippen LogP contribution is 2.32. The number of benzene rings is 2. The van der Waals surface area contributed by atoms with Crippen molar-refractivity contribution in [2.75, 3.05) is 46.1 Å². The fourth-order valence-electron chi connectivity index (χ4n) is 3.78. The number of fused-ring (bicyclic) bond motifs is 1. The number of piperazine rings is 1. The number of aliphatic hydroxyl groups is 1. The van der Waals surface area contributed by atoms with Gasteiger partial charge in [0.1, 0.15) is 18.5 Å². The molecule has 1 saturated heterocycles. The molecule has 0 unspecified atom stereocenters. The van der Waals surface area contributed by atoms with Gasteiger partial charge in [-0.25, -0.2) is 0 Å². The number of carbonyl (C=O) groups excluding carboxylic acids is 1. The minimum Gasteiger partial charge on any atom is -0.491 e. The highest BCUT2D eigenvalue weighted by molar-refractivity contribution is 5.94. The minimum atomic E-state index is -0.577. The molecule has 2 aliphatic heterocycles. The molecule has 0 aliphatic carbocycles. The number of nitrogens with zero attached hydrogens (tertiary/aromatic N) is 2. The van der Waals surface area contributed by atoms with Crippen LogP contribution in [0.25, 0.3) is 0 Å². The molecule has 2 aromatic rings. The van der Waals surface area contributed by atoms with Crippen LogP contribution >= 0.6 is 0 Å². The van der Waals surface area contributed by atoms with Gasteiger partial charge in [-0.1, -0.05) is 18.2 Å². The summed E-state index contributed by atoms with van der Waals surface area (Å²) in [6, 6.07) is 13.2. The number of ketones is 1. The molecule has 0 spiro atoms. The highest BCUT2D eigenvalue weighted by atomic mass is 16.7. The predicted molar refractivity (Wildman–Crippen MR) is 112 cm³/mol. The summed E-state index contributed by atoms with van der Waals surface area (Å²) in [7, 11) is 0. The molecule has 7 heteroatoms. The van der Waals surface area contributed by atoms with E-state index in [1.54, 1.807) is 24.3 Å². The number of rotatable bonds is 8. The van der Waals surface area contributed by atoms with Crippen molar-refractivity contribution >= 4 is 5.78 Å². The van der Waals surface area contributed by atoms with Crippen LogP contribution in [-0.2, 0) is 6.54 Å². The Morgan fingerprint density at radius 1 is 1.07 bits per heavy atom. The summed E-state index contributed by atoms with van der Waals surface area (Å²) in [5.41, 5.74) is 1.83. The molecule has 0 radical (unpaired) electrons. The molecular formula is C23H28N2O5. The summed E-state index contributed by atoms with van der Waals surface area (Å²) in [5, 5.41) is 10.4. The fourth-order valence-corrected chi connectivity index (χ4v) is 3.78. The molecule has 4 rings (SSSR count). The van der Waals surface area contributed by atoms with Crippen molar-refractivity contribution in [2.45, 2.75) is 19.6 Å². The largest absolute Gasteiger partial charge is 0.491 e. The van der Waals surface area contributed by atoms with E-state index < -0.39 is 6.10 Å². The third-order valence-electron chi connectivity index (χ3n) is 5.46. The summed E-state index contributed by atoms with van der Waals surface area (Å²) in [5.74, 6) is 2.24. The number of hydrogen-bond acceptors (Lipinski definition) is 7. The number of Topliss-reactive ketones (excluding diaryl/α,β-unsaturated/α-hetero) is 1. The second-order valence-corrected chi connectivity index (χ2v) is 7.81. The van der Waals surface area contributed by atoms with Crippen LogP contribution in [0.5, 0.6) is 17.2 Å². The summed E-state index contributed by atoms with van der Waals surface area (Å²) >= 11 is 0. The molecule has 0 aromatic heterocycles. The molecule has 2 heterocycles. The third kappa shape index (κ3) is 5.30. The van der Waals surface area contributed by atoms with Gasteiger partial charge in [0.15, 0.2) is 17.3 Å². The highest BCUT2D eigenvalue weighted by Gasteiger charge is 2.21. The molecule has 1 fully saturated rings. The normalized spacial score (nSPS) is 17.7.